The van der Waals surface area contributed by atoms with Crippen LogP contribution in [0.15, 0.2) is 0 Å². The molecule has 3 atom stereocenters. The van der Waals surface area contributed by atoms with E-state index in [2.05, 4.69) is 28.9 Å². The van der Waals surface area contributed by atoms with E-state index in [1.54, 1.807) is 4.90 Å². The fraction of sp³-hybridized carbons (Fsp3) is 0.833. The van der Waals surface area contributed by atoms with Crippen LogP contribution in [0, 0.1) is 19.8 Å². The van der Waals surface area contributed by atoms with Crippen molar-refractivity contribution in [3.63, 3.8) is 0 Å². The molecule has 0 aliphatic carbocycles. The maximum absolute atomic E-state index is 12.5. The Labute approximate surface area is 198 Å². The Bertz CT molecular complexity index is 692. The highest BCUT2D eigenvalue weighted by Crippen LogP contribution is 2.15. The van der Waals surface area contributed by atoms with Gasteiger partial charge in [0, 0.05) is 57.6 Å². The number of hydrogen-bond donors (Lipinski definition) is 3. The van der Waals surface area contributed by atoms with Crippen molar-refractivity contribution in [2.45, 2.75) is 78.7 Å². The van der Waals surface area contributed by atoms with E-state index < -0.39 is 18.3 Å². The van der Waals surface area contributed by atoms with Crippen molar-refractivity contribution in [1.29, 1.82) is 0 Å². The summed E-state index contributed by atoms with van der Waals surface area (Å²) in [6.45, 7) is 13.9. The zero-order valence-electron chi connectivity index (χ0n) is 21.0. The molecule has 9 heteroatoms. The predicted molar refractivity (Wildman–Crippen MR) is 127 cm³/mol. The molecule has 1 aliphatic rings. The monoisotopic (exact) mass is 468 g/mol. The molecule has 1 aromatic heterocycles. The molecule has 0 aromatic carbocycles. The van der Waals surface area contributed by atoms with Gasteiger partial charge < -0.3 is 24.6 Å². The Morgan fingerprint density at radius 1 is 1.24 bits per heavy atom. The van der Waals surface area contributed by atoms with E-state index in [9.17, 15) is 15.0 Å². The van der Waals surface area contributed by atoms with Crippen LogP contribution in [0.3, 0.4) is 0 Å². The third kappa shape index (κ3) is 9.33. The summed E-state index contributed by atoms with van der Waals surface area (Å²) in [5.74, 6) is 0.384. The smallest absolute Gasteiger partial charge is 0.219 e. The van der Waals surface area contributed by atoms with Crippen molar-refractivity contribution < 1.29 is 24.5 Å². The van der Waals surface area contributed by atoms with Gasteiger partial charge in [-0.1, -0.05) is 13.8 Å². The third-order valence-corrected chi connectivity index (χ3v) is 6.30. The van der Waals surface area contributed by atoms with Gasteiger partial charge in [0.15, 0.2) is 0 Å². The minimum Gasteiger partial charge on any atom is -0.388 e. The van der Waals surface area contributed by atoms with Crippen LogP contribution in [0.5, 0.6) is 0 Å². The Morgan fingerprint density at radius 3 is 2.64 bits per heavy atom. The largest absolute Gasteiger partial charge is 0.388 e. The number of rotatable bonds is 6. The summed E-state index contributed by atoms with van der Waals surface area (Å²) in [5.41, 5.74) is 3.25. The van der Waals surface area contributed by atoms with Crippen LogP contribution >= 0.6 is 0 Å². The number of H-pyrrole nitrogens is 1. The van der Waals surface area contributed by atoms with Gasteiger partial charge in [-0.05, 0) is 45.6 Å². The van der Waals surface area contributed by atoms with E-state index in [0.29, 0.717) is 32.2 Å². The lowest BCUT2D eigenvalue weighted by Gasteiger charge is -2.33. The number of aryl methyl sites for hydroxylation is 2. The maximum Gasteiger partial charge on any atom is 0.219 e. The average molecular weight is 469 g/mol. The molecular formula is C24H44N4O5. The van der Waals surface area contributed by atoms with Gasteiger partial charge in [-0.2, -0.15) is 5.10 Å². The molecule has 2 heterocycles. The molecule has 1 saturated heterocycles. The zero-order valence-corrected chi connectivity index (χ0v) is 21.0. The van der Waals surface area contributed by atoms with E-state index in [0.717, 1.165) is 43.7 Å². The van der Waals surface area contributed by atoms with E-state index in [4.69, 9.17) is 9.47 Å². The van der Waals surface area contributed by atoms with E-state index >= 15 is 0 Å². The first-order valence-corrected chi connectivity index (χ1v) is 12.2. The molecular weight excluding hydrogens is 424 g/mol. The first-order chi connectivity index (χ1) is 15.7. The number of hydrogen-bond acceptors (Lipinski definition) is 7. The first-order valence-electron chi connectivity index (χ1n) is 12.2. The van der Waals surface area contributed by atoms with Crippen LogP contribution in [0.4, 0.5) is 0 Å². The minimum atomic E-state index is -1.13. The Hall–Kier alpha value is -1.52. The summed E-state index contributed by atoms with van der Waals surface area (Å²) in [6, 6.07) is 0. The molecule has 33 heavy (non-hydrogen) atoms. The molecule has 0 spiro atoms. The molecule has 0 saturated carbocycles. The van der Waals surface area contributed by atoms with Crippen LogP contribution in [0.1, 0.15) is 57.0 Å². The number of amides is 1. The third-order valence-electron chi connectivity index (χ3n) is 6.30. The number of nitrogens with zero attached hydrogens (tertiary/aromatic N) is 3. The number of aromatic nitrogens is 2. The molecule has 190 valence electrons. The average Bonchev–Trinajstić information content (AvgIpc) is 3.07. The number of nitrogens with one attached hydrogen (secondary N) is 1. The molecule has 1 aliphatic heterocycles. The van der Waals surface area contributed by atoms with Crippen molar-refractivity contribution in [3.8, 4) is 0 Å². The van der Waals surface area contributed by atoms with Gasteiger partial charge in [0.1, 0.15) is 18.3 Å². The predicted octanol–water partition coefficient (Wildman–Crippen LogP) is 1.64. The Morgan fingerprint density at radius 2 is 2.00 bits per heavy atom. The van der Waals surface area contributed by atoms with Crippen molar-refractivity contribution in [2.75, 3.05) is 46.0 Å². The van der Waals surface area contributed by atoms with E-state index in [1.807, 2.05) is 13.8 Å². The maximum atomic E-state index is 12.5. The van der Waals surface area contributed by atoms with Gasteiger partial charge in [-0.25, -0.2) is 0 Å². The van der Waals surface area contributed by atoms with Gasteiger partial charge in [-0.3, -0.25) is 14.8 Å². The second-order valence-corrected chi connectivity index (χ2v) is 9.59. The van der Waals surface area contributed by atoms with Crippen LogP contribution in [0.2, 0.25) is 0 Å². The number of aliphatic hydroxyl groups is 2. The van der Waals surface area contributed by atoms with Gasteiger partial charge >= 0.3 is 0 Å². The highest BCUT2D eigenvalue weighted by atomic mass is 16.5. The normalized spacial score (nSPS) is 24.7. The highest BCUT2D eigenvalue weighted by Gasteiger charge is 2.30. The standard InChI is InChI=1S/C24H44N4O5/c1-17(2)8-13-33-23-15-28(20(5)29)11-10-27(14-21-18(3)25-26-19(21)4)9-6-7-12-32-16-22(30)24(23)31/h17,22-24,30-31H,6-16H2,1-5H3,(H,25,26)/t22-,23-,24-/m1/s1. The fourth-order valence-electron chi connectivity index (χ4n) is 3.96. The second kappa shape index (κ2) is 14.0. The lowest BCUT2D eigenvalue weighted by atomic mass is 10.1. The SMILES string of the molecule is CC(=O)N1CCN(Cc2c(C)n[nH]c2C)CCCCOC[C@@H](O)[C@@H](O)[C@H](OCCC(C)C)C1. The van der Waals surface area contributed by atoms with Crippen LogP contribution in [-0.4, -0.2) is 100 Å². The van der Waals surface area contributed by atoms with Gasteiger partial charge in [0.05, 0.1) is 12.3 Å². The topological polar surface area (TPSA) is 111 Å². The van der Waals surface area contributed by atoms with Crippen LogP contribution in [0.25, 0.3) is 0 Å². The van der Waals surface area contributed by atoms with Crippen molar-refractivity contribution in [3.05, 3.63) is 17.0 Å². The quantitative estimate of drug-likeness (QED) is 0.582. The number of carbonyl (C=O) groups is 1. The number of ether oxygens (including phenoxy) is 2. The fourth-order valence-corrected chi connectivity index (χ4v) is 3.96. The van der Waals surface area contributed by atoms with Crippen molar-refractivity contribution in [2.24, 2.45) is 5.92 Å². The van der Waals surface area contributed by atoms with Gasteiger partial charge in [-0.15, -0.1) is 0 Å². The summed E-state index contributed by atoms with van der Waals surface area (Å²) >= 11 is 0. The molecule has 9 nitrogen and oxygen atoms in total. The van der Waals surface area contributed by atoms with Crippen LogP contribution in [-0.2, 0) is 20.8 Å². The molecule has 0 radical (unpaired) electrons. The molecule has 3 N–H and O–H groups in total. The molecule has 2 rings (SSSR count). The van der Waals surface area contributed by atoms with Crippen LogP contribution < -0.4 is 0 Å². The summed E-state index contributed by atoms with van der Waals surface area (Å²) in [7, 11) is 0. The molecule has 1 amide bonds. The van der Waals surface area contributed by atoms with Crippen molar-refractivity contribution >= 4 is 5.91 Å². The lowest BCUT2D eigenvalue weighted by Crippen LogP contribution is -2.50. The Balaban J connectivity index is 2.14. The second-order valence-electron chi connectivity index (χ2n) is 9.59. The molecule has 1 aromatic rings. The van der Waals surface area contributed by atoms with E-state index in [1.165, 1.54) is 12.5 Å². The van der Waals surface area contributed by atoms with E-state index in [-0.39, 0.29) is 19.1 Å². The number of aromatic amines is 1. The van der Waals surface area contributed by atoms with Gasteiger partial charge in [0.25, 0.3) is 0 Å². The summed E-state index contributed by atoms with van der Waals surface area (Å²) in [5, 5.41) is 28.6. The first kappa shape index (κ1) is 27.7. The summed E-state index contributed by atoms with van der Waals surface area (Å²) in [6.07, 6.45) is -0.236. The molecule has 0 unspecified atom stereocenters. The van der Waals surface area contributed by atoms with Crippen molar-refractivity contribution in [1.82, 2.24) is 20.0 Å². The lowest BCUT2D eigenvalue weighted by molar-refractivity contribution is -0.140. The Kier molecular flexibility index (Phi) is 11.8. The summed E-state index contributed by atoms with van der Waals surface area (Å²) < 4.78 is 11.6. The highest BCUT2D eigenvalue weighted by molar-refractivity contribution is 5.73. The molecule has 1 fully saturated rings. The number of carbonyl (C=O) groups excluding carboxylic acids is 1. The zero-order chi connectivity index (χ0) is 24.4. The molecule has 0 bridgehead atoms. The number of aliphatic hydroxyl groups excluding tert-OH is 2. The summed E-state index contributed by atoms with van der Waals surface area (Å²) in [4.78, 5) is 16.5. The minimum absolute atomic E-state index is 0.0440. The van der Waals surface area contributed by atoms with Gasteiger partial charge in [0.2, 0.25) is 5.91 Å².